The van der Waals surface area contributed by atoms with Crippen LogP contribution in [0.2, 0.25) is 0 Å². The second-order valence-corrected chi connectivity index (χ2v) is 10.7. The molecular formula is C27H33O4P. The quantitative estimate of drug-likeness (QED) is 0.344. The molecule has 0 radical (unpaired) electrons. The molecule has 32 heavy (non-hydrogen) atoms. The van der Waals surface area contributed by atoms with E-state index in [2.05, 4.69) is 39.0 Å². The first-order valence-electron chi connectivity index (χ1n) is 10.6. The number of ether oxygens (including phenoxy) is 4. The highest BCUT2D eigenvalue weighted by molar-refractivity contribution is 7.39. The van der Waals surface area contributed by atoms with Crippen molar-refractivity contribution in [1.82, 2.24) is 0 Å². The van der Waals surface area contributed by atoms with Gasteiger partial charge in [-0.1, -0.05) is 51.1 Å². The average molecular weight is 453 g/mol. The lowest BCUT2D eigenvalue weighted by Crippen LogP contribution is -2.06. The first kappa shape index (κ1) is 23.9. The van der Waals surface area contributed by atoms with Crippen molar-refractivity contribution in [3.8, 4) is 45.3 Å². The van der Waals surface area contributed by atoms with Crippen LogP contribution in [0.4, 0.5) is 0 Å². The third-order valence-corrected chi connectivity index (χ3v) is 6.96. The van der Waals surface area contributed by atoms with Crippen LogP contribution in [0.15, 0.2) is 54.6 Å². The van der Waals surface area contributed by atoms with E-state index >= 15 is 0 Å². The molecule has 0 aromatic heterocycles. The van der Waals surface area contributed by atoms with E-state index in [1.165, 1.54) is 5.56 Å². The predicted molar refractivity (Wildman–Crippen MR) is 135 cm³/mol. The molecule has 170 valence electrons. The highest BCUT2D eigenvalue weighted by Gasteiger charge is 2.23. The number of methoxy groups -OCH3 is 4. The summed E-state index contributed by atoms with van der Waals surface area (Å²) in [4.78, 5) is 0. The molecule has 0 spiro atoms. The minimum atomic E-state index is 0.208. The summed E-state index contributed by atoms with van der Waals surface area (Å²) < 4.78 is 23.0. The SMILES string of the molecule is COc1cccc(OC)c1-c1cccc(-c2c(OC)cccc2OC)c1CPC(C)(C)C. The van der Waals surface area contributed by atoms with Gasteiger partial charge < -0.3 is 18.9 Å². The molecule has 0 amide bonds. The molecule has 0 saturated heterocycles. The van der Waals surface area contributed by atoms with Crippen molar-refractivity contribution in [3.05, 3.63) is 60.2 Å². The molecule has 0 fully saturated rings. The summed E-state index contributed by atoms with van der Waals surface area (Å²) in [5.41, 5.74) is 5.35. The molecule has 3 rings (SSSR count). The molecule has 1 atom stereocenters. The smallest absolute Gasteiger partial charge is 0.130 e. The molecular weight excluding hydrogens is 419 g/mol. The zero-order valence-corrected chi connectivity index (χ0v) is 21.0. The Morgan fingerprint density at radius 1 is 0.594 bits per heavy atom. The summed E-state index contributed by atoms with van der Waals surface area (Å²) in [6.07, 6.45) is 0.914. The van der Waals surface area contributed by atoms with Gasteiger partial charge in [-0.05, 0) is 52.3 Å². The lowest BCUT2D eigenvalue weighted by molar-refractivity contribution is 0.397. The molecule has 0 N–H and O–H groups in total. The Hall–Kier alpha value is -2.71. The Morgan fingerprint density at radius 2 is 0.938 bits per heavy atom. The van der Waals surface area contributed by atoms with E-state index in [9.17, 15) is 0 Å². The molecule has 3 aromatic carbocycles. The largest absolute Gasteiger partial charge is 0.496 e. The highest BCUT2D eigenvalue weighted by Crippen LogP contribution is 2.49. The summed E-state index contributed by atoms with van der Waals surface area (Å²) in [6.45, 7) is 6.84. The van der Waals surface area contributed by atoms with Gasteiger partial charge in [-0.25, -0.2) is 0 Å². The van der Waals surface area contributed by atoms with Crippen LogP contribution in [-0.4, -0.2) is 33.6 Å². The monoisotopic (exact) mass is 452 g/mol. The Morgan fingerprint density at radius 3 is 1.25 bits per heavy atom. The van der Waals surface area contributed by atoms with Crippen LogP contribution in [0.5, 0.6) is 23.0 Å². The molecule has 3 aromatic rings. The number of rotatable bonds is 8. The summed E-state index contributed by atoms with van der Waals surface area (Å²) >= 11 is 0. The summed E-state index contributed by atoms with van der Waals surface area (Å²) in [6, 6.07) is 18.2. The van der Waals surface area contributed by atoms with Gasteiger partial charge in [-0.15, -0.1) is 8.58 Å². The maximum atomic E-state index is 5.75. The van der Waals surface area contributed by atoms with Crippen LogP contribution < -0.4 is 18.9 Å². The van der Waals surface area contributed by atoms with Gasteiger partial charge in [0.25, 0.3) is 0 Å². The zero-order chi connectivity index (χ0) is 23.3. The fourth-order valence-corrected chi connectivity index (χ4v) is 4.92. The maximum Gasteiger partial charge on any atom is 0.130 e. The first-order valence-corrected chi connectivity index (χ1v) is 11.8. The Labute approximate surface area is 193 Å². The van der Waals surface area contributed by atoms with Crippen LogP contribution in [0, 0.1) is 0 Å². The highest BCUT2D eigenvalue weighted by atomic mass is 31.1. The predicted octanol–water partition coefficient (Wildman–Crippen LogP) is 7.03. The van der Waals surface area contributed by atoms with Crippen molar-refractivity contribution >= 4 is 8.58 Å². The van der Waals surface area contributed by atoms with Gasteiger partial charge in [0.2, 0.25) is 0 Å². The van der Waals surface area contributed by atoms with E-state index < -0.39 is 0 Å². The van der Waals surface area contributed by atoms with Crippen LogP contribution >= 0.6 is 8.58 Å². The lowest BCUT2D eigenvalue weighted by Gasteiger charge is -2.24. The number of hydrogen-bond acceptors (Lipinski definition) is 4. The maximum absolute atomic E-state index is 5.75. The third kappa shape index (κ3) is 5.02. The van der Waals surface area contributed by atoms with E-state index in [4.69, 9.17) is 18.9 Å². The molecule has 0 heterocycles. The van der Waals surface area contributed by atoms with Crippen LogP contribution in [0.3, 0.4) is 0 Å². The minimum absolute atomic E-state index is 0.208. The normalized spacial score (nSPS) is 11.6. The Kier molecular flexibility index (Phi) is 7.69. The molecule has 0 bridgehead atoms. The van der Waals surface area contributed by atoms with Crippen molar-refractivity contribution < 1.29 is 18.9 Å². The van der Waals surface area contributed by atoms with Crippen LogP contribution in [-0.2, 0) is 6.16 Å². The van der Waals surface area contributed by atoms with Gasteiger partial charge >= 0.3 is 0 Å². The van der Waals surface area contributed by atoms with E-state index in [0.717, 1.165) is 60.0 Å². The van der Waals surface area contributed by atoms with E-state index in [-0.39, 0.29) is 5.16 Å². The van der Waals surface area contributed by atoms with Crippen LogP contribution in [0.25, 0.3) is 22.3 Å². The molecule has 0 aliphatic heterocycles. The molecule has 0 aliphatic rings. The topological polar surface area (TPSA) is 36.9 Å². The van der Waals surface area contributed by atoms with Gasteiger partial charge in [0, 0.05) is 0 Å². The van der Waals surface area contributed by atoms with Gasteiger partial charge in [0.05, 0.1) is 39.6 Å². The fraction of sp³-hybridized carbons (Fsp3) is 0.333. The van der Waals surface area contributed by atoms with E-state index in [1.807, 2.05) is 36.4 Å². The second kappa shape index (κ2) is 10.3. The Bertz CT molecular complexity index is 951. The summed E-state index contributed by atoms with van der Waals surface area (Å²) in [7, 11) is 7.51. The van der Waals surface area contributed by atoms with E-state index in [1.54, 1.807) is 28.4 Å². The van der Waals surface area contributed by atoms with Crippen LogP contribution in [0.1, 0.15) is 26.3 Å². The molecule has 4 nitrogen and oxygen atoms in total. The molecule has 5 heteroatoms. The van der Waals surface area contributed by atoms with Crippen molar-refractivity contribution in [2.45, 2.75) is 32.1 Å². The molecule has 1 unspecified atom stereocenters. The van der Waals surface area contributed by atoms with Crippen molar-refractivity contribution in [2.75, 3.05) is 28.4 Å². The lowest BCUT2D eigenvalue weighted by atomic mass is 9.91. The number of hydrogen-bond donors (Lipinski definition) is 0. The van der Waals surface area contributed by atoms with Crippen molar-refractivity contribution in [3.63, 3.8) is 0 Å². The number of benzene rings is 3. The second-order valence-electron chi connectivity index (χ2n) is 8.51. The fourth-order valence-electron chi connectivity index (χ4n) is 3.83. The van der Waals surface area contributed by atoms with Gasteiger partial charge in [-0.2, -0.15) is 0 Å². The first-order chi connectivity index (χ1) is 15.3. The summed E-state index contributed by atoms with van der Waals surface area (Å²) in [5, 5.41) is 0.208. The Balaban J connectivity index is 2.36. The van der Waals surface area contributed by atoms with E-state index in [0.29, 0.717) is 0 Å². The van der Waals surface area contributed by atoms with Crippen molar-refractivity contribution in [2.24, 2.45) is 0 Å². The van der Waals surface area contributed by atoms with Gasteiger partial charge in [0.1, 0.15) is 23.0 Å². The standard InChI is InChI=1S/C27H33O4P/c1-27(2,3)32-17-20-18(25-21(28-4)13-9-14-22(25)29-5)11-8-12-19(20)26-23(30-6)15-10-16-24(26)31-7/h8-16,32H,17H2,1-7H3. The zero-order valence-electron chi connectivity index (χ0n) is 20.0. The summed E-state index contributed by atoms with van der Waals surface area (Å²) in [5.74, 6) is 3.14. The van der Waals surface area contributed by atoms with Crippen molar-refractivity contribution in [1.29, 1.82) is 0 Å². The third-order valence-electron chi connectivity index (χ3n) is 5.37. The molecule has 0 saturated carbocycles. The van der Waals surface area contributed by atoms with Gasteiger partial charge in [0.15, 0.2) is 0 Å². The average Bonchev–Trinajstić information content (AvgIpc) is 2.80. The van der Waals surface area contributed by atoms with Gasteiger partial charge in [-0.3, -0.25) is 0 Å². The molecule has 0 aliphatic carbocycles. The minimum Gasteiger partial charge on any atom is -0.496 e.